The van der Waals surface area contributed by atoms with Crippen molar-refractivity contribution in [3.63, 3.8) is 0 Å². The van der Waals surface area contributed by atoms with E-state index in [1.54, 1.807) is 0 Å². The lowest BCUT2D eigenvalue weighted by Crippen LogP contribution is -2.17. The SMILES string of the molecule is O=S(=O)(Cl)c1cc(O)cc(OC(F)(F)F)c1. The van der Waals surface area contributed by atoms with Gasteiger partial charge in [0.05, 0.1) is 4.90 Å². The molecule has 0 fully saturated rings. The molecule has 0 saturated heterocycles. The Morgan fingerprint density at radius 1 is 1.25 bits per heavy atom. The van der Waals surface area contributed by atoms with Gasteiger partial charge in [0, 0.05) is 28.9 Å². The molecule has 16 heavy (non-hydrogen) atoms. The first-order chi connectivity index (χ1) is 7.08. The van der Waals surface area contributed by atoms with Gasteiger partial charge in [0.25, 0.3) is 9.05 Å². The van der Waals surface area contributed by atoms with Gasteiger partial charge in [-0.15, -0.1) is 13.2 Å². The van der Waals surface area contributed by atoms with Crippen LogP contribution in [0.5, 0.6) is 11.5 Å². The van der Waals surface area contributed by atoms with Gasteiger partial charge in [-0.25, -0.2) is 8.42 Å². The molecule has 9 heteroatoms. The average Bonchev–Trinajstić information content (AvgIpc) is 1.97. The second-order valence-electron chi connectivity index (χ2n) is 2.65. The van der Waals surface area contributed by atoms with Crippen molar-refractivity contribution in [2.75, 3.05) is 0 Å². The molecule has 90 valence electrons. The van der Waals surface area contributed by atoms with Gasteiger partial charge in [0.15, 0.2) is 0 Å². The molecule has 0 bridgehead atoms. The molecule has 0 heterocycles. The van der Waals surface area contributed by atoms with Crippen LogP contribution in [0.4, 0.5) is 13.2 Å². The summed E-state index contributed by atoms with van der Waals surface area (Å²) in [4.78, 5) is -0.687. The van der Waals surface area contributed by atoms with Crippen LogP contribution in [0.1, 0.15) is 0 Å². The molecule has 0 aliphatic rings. The Morgan fingerprint density at radius 2 is 1.81 bits per heavy atom. The second-order valence-corrected chi connectivity index (χ2v) is 5.21. The van der Waals surface area contributed by atoms with E-state index in [2.05, 4.69) is 4.74 Å². The summed E-state index contributed by atoms with van der Waals surface area (Å²) < 4.78 is 60.5. The first kappa shape index (κ1) is 12.9. The van der Waals surface area contributed by atoms with Crippen LogP contribution in [0, 0.1) is 0 Å². The van der Waals surface area contributed by atoms with E-state index in [4.69, 9.17) is 15.8 Å². The fourth-order valence-electron chi connectivity index (χ4n) is 0.890. The van der Waals surface area contributed by atoms with E-state index in [1.807, 2.05) is 0 Å². The predicted molar refractivity (Wildman–Crippen MR) is 47.8 cm³/mol. The fourth-order valence-corrected chi connectivity index (χ4v) is 1.68. The number of ether oxygens (including phenoxy) is 1. The third-order valence-electron chi connectivity index (χ3n) is 1.38. The summed E-state index contributed by atoms with van der Waals surface area (Å²) in [6.07, 6.45) is -4.98. The lowest BCUT2D eigenvalue weighted by molar-refractivity contribution is -0.274. The number of phenols is 1. The van der Waals surface area contributed by atoms with E-state index in [0.717, 1.165) is 0 Å². The Balaban J connectivity index is 3.19. The van der Waals surface area contributed by atoms with Crippen molar-refractivity contribution in [3.8, 4) is 11.5 Å². The number of alkyl halides is 3. The summed E-state index contributed by atoms with van der Waals surface area (Å²) in [7, 11) is 0.660. The van der Waals surface area contributed by atoms with Gasteiger partial charge >= 0.3 is 6.36 Å². The van der Waals surface area contributed by atoms with Crippen LogP contribution in [0.3, 0.4) is 0 Å². The van der Waals surface area contributed by atoms with Crippen LogP contribution in [0.15, 0.2) is 23.1 Å². The summed E-state index contributed by atoms with van der Waals surface area (Å²) in [6.45, 7) is 0. The Hall–Kier alpha value is -1.15. The zero-order valence-electron chi connectivity index (χ0n) is 7.32. The van der Waals surface area contributed by atoms with E-state index in [1.165, 1.54) is 0 Å². The normalized spacial score (nSPS) is 12.5. The monoisotopic (exact) mass is 276 g/mol. The number of hydrogen-bond acceptors (Lipinski definition) is 4. The molecule has 0 spiro atoms. The van der Waals surface area contributed by atoms with E-state index in [-0.39, 0.29) is 0 Å². The average molecular weight is 277 g/mol. The van der Waals surface area contributed by atoms with Crippen LogP contribution in [0.2, 0.25) is 0 Å². The maximum atomic E-state index is 11.8. The molecule has 0 amide bonds. The Kier molecular flexibility index (Phi) is 3.25. The topological polar surface area (TPSA) is 63.6 Å². The van der Waals surface area contributed by atoms with Crippen LogP contribution >= 0.6 is 10.7 Å². The van der Waals surface area contributed by atoms with Gasteiger partial charge < -0.3 is 9.84 Å². The highest BCUT2D eigenvalue weighted by atomic mass is 35.7. The summed E-state index contributed by atoms with van der Waals surface area (Å²) in [5.74, 6) is -1.58. The van der Waals surface area contributed by atoms with Crippen molar-refractivity contribution in [1.82, 2.24) is 0 Å². The van der Waals surface area contributed by atoms with Gasteiger partial charge in [-0.3, -0.25) is 0 Å². The third-order valence-corrected chi connectivity index (χ3v) is 2.71. The fraction of sp³-hybridized carbons (Fsp3) is 0.143. The standard InChI is InChI=1S/C7H4ClF3O4S/c8-16(13,14)6-2-4(12)1-5(3-6)15-7(9,10)11/h1-3,12H. The third kappa shape index (κ3) is 3.78. The van der Waals surface area contributed by atoms with Crippen molar-refractivity contribution in [2.45, 2.75) is 11.3 Å². The van der Waals surface area contributed by atoms with Crippen molar-refractivity contribution in [2.24, 2.45) is 0 Å². The number of halogens is 4. The maximum absolute atomic E-state index is 11.8. The van der Waals surface area contributed by atoms with Crippen LogP contribution in [-0.4, -0.2) is 19.9 Å². The minimum absolute atomic E-state index is 0.551. The highest BCUT2D eigenvalue weighted by molar-refractivity contribution is 8.13. The molecule has 1 N–H and O–H groups in total. The quantitative estimate of drug-likeness (QED) is 0.841. The van der Waals surface area contributed by atoms with E-state index in [0.29, 0.717) is 18.2 Å². The number of benzene rings is 1. The number of hydrogen-bond donors (Lipinski definition) is 1. The molecule has 0 aliphatic heterocycles. The first-order valence-corrected chi connectivity index (χ1v) is 5.93. The lowest BCUT2D eigenvalue weighted by Gasteiger charge is -2.09. The van der Waals surface area contributed by atoms with Gasteiger partial charge in [-0.05, 0) is 0 Å². The summed E-state index contributed by atoms with van der Waals surface area (Å²) in [5, 5.41) is 8.98. The molecular formula is C7H4ClF3O4S. The second kappa shape index (κ2) is 4.02. The van der Waals surface area contributed by atoms with Crippen molar-refractivity contribution in [3.05, 3.63) is 18.2 Å². The smallest absolute Gasteiger partial charge is 0.508 e. The molecule has 1 aromatic rings. The number of phenolic OH excluding ortho intramolecular Hbond substituents is 1. The van der Waals surface area contributed by atoms with Gasteiger partial charge in [-0.1, -0.05) is 0 Å². The predicted octanol–water partition coefficient (Wildman–Crippen LogP) is 2.22. The minimum Gasteiger partial charge on any atom is -0.508 e. The Morgan fingerprint density at radius 3 is 2.25 bits per heavy atom. The molecule has 1 aromatic carbocycles. The molecule has 0 atom stereocenters. The lowest BCUT2D eigenvalue weighted by atomic mass is 10.3. The van der Waals surface area contributed by atoms with Crippen LogP contribution in [-0.2, 0) is 9.05 Å². The van der Waals surface area contributed by atoms with Crippen LogP contribution in [0.25, 0.3) is 0 Å². The summed E-state index contributed by atoms with van der Waals surface area (Å²) >= 11 is 0. The van der Waals surface area contributed by atoms with Crippen molar-refractivity contribution < 1.29 is 31.4 Å². The van der Waals surface area contributed by atoms with Crippen LogP contribution < -0.4 is 4.74 Å². The largest absolute Gasteiger partial charge is 0.573 e. The zero-order valence-corrected chi connectivity index (χ0v) is 8.90. The summed E-state index contributed by atoms with van der Waals surface area (Å²) in [6, 6.07) is 1.86. The first-order valence-electron chi connectivity index (χ1n) is 3.62. The van der Waals surface area contributed by atoms with E-state index in [9.17, 15) is 21.6 Å². The van der Waals surface area contributed by atoms with Gasteiger partial charge in [0.1, 0.15) is 11.5 Å². The minimum atomic E-state index is -4.98. The zero-order chi connectivity index (χ0) is 12.6. The molecule has 0 aromatic heterocycles. The molecule has 0 radical (unpaired) electrons. The summed E-state index contributed by atoms with van der Waals surface area (Å²) in [5.41, 5.74) is 0. The molecular weight excluding hydrogens is 273 g/mol. The van der Waals surface area contributed by atoms with Gasteiger partial charge in [-0.2, -0.15) is 0 Å². The maximum Gasteiger partial charge on any atom is 0.573 e. The van der Waals surface area contributed by atoms with E-state index >= 15 is 0 Å². The molecule has 0 saturated carbocycles. The highest BCUT2D eigenvalue weighted by Gasteiger charge is 2.31. The molecule has 4 nitrogen and oxygen atoms in total. The Bertz CT molecular complexity index is 497. The van der Waals surface area contributed by atoms with Gasteiger partial charge in [0.2, 0.25) is 0 Å². The molecule has 0 unspecified atom stereocenters. The molecule has 1 rings (SSSR count). The number of rotatable bonds is 2. The highest BCUT2D eigenvalue weighted by Crippen LogP contribution is 2.30. The van der Waals surface area contributed by atoms with E-state index < -0.39 is 31.8 Å². The molecule has 0 aliphatic carbocycles. The van der Waals surface area contributed by atoms with Crippen molar-refractivity contribution in [1.29, 1.82) is 0 Å². The number of aromatic hydroxyl groups is 1. The van der Waals surface area contributed by atoms with Crippen molar-refractivity contribution >= 4 is 19.7 Å². The Labute approximate surface area is 92.6 Å².